The summed E-state index contributed by atoms with van der Waals surface area (Å²) < 4.78 is 60.1. The first kappa shape index (κ1) is 23.2. The van der Waals surface area contributed by atoms with E-state index in [-0.39, 0.29) is 42.1 Å². The van der Waals surface area contributed by atoms with E-state index in [4.69, 9.17) is 16.3 Å². The molecule has 0 unspecified atom stereocenters. The second kappa shape index (κ2) is 9.76. The molecule has 2 aromatic carbocycles. The highest BCUT2D eigenvalue weighted by Gasteiger charge is 2.36. The average molecular weight is 473 g/mol. The van der Waals surface area contributed by atoms with Gasteiger partial charge in [-0.1, -0.05) is 29.8 Å². The van der Waals surface area contributed by atoms with Crippen LogP contribution in [0.2, 0.25) is 5.02 Å². The molecule has 10 heteroatoms. The summed E-state index contributed by atoms with van der Waals surface area (Å²) in [7, 11) is -5.85. The predicted octanol–water partition coefficient (Wildman–Crippen LogP) is 2.83. The molecule has 1 heterocycles. The molecule has 7 nitrogen and oxygen atoms in total. The summed E-state index contributed by atoms with van der Waals surface area (Å²) in [5.74, 6) is 0. The van der Waals surface area contributed by atoms with Gasteiger partial charge in [0, 0.05) is 37.8 Å². The lowest BCUT2D eigenvalue weighted by Gasteiger charge is -2.37. The summed E-state index contributed by atoms with van der Waals surface area (Å²) in [6, 6.07) is 14.0. The Balaban J connectivity index is 1.78. The first-order valence-electron chi connectivity index (χ1n) is 9.58. The smallest absolute Gasteiger partial charge is 0.243 e. The van der Waals surface area contributed by atoms with E-state index in [1.807, 2.05) is 0 Å². The molecule has 3 rings (SSSR count). The highest BCUT2D eigenvalue weighted by atomic mass is 35.5. The molecule has 2 aromatic rings. The zero-order chi connectivity index (χ0) is 21.8. The van der Waals surface area contributed by atoms with Crippen LogP contribution in [0.1, 0.15) is 12.8 Å². The van der Waals surface area contributed by atoms with Crippen LogP contribution in [0, 0.1) is 0 Å². The lowest BCUT2D eigenvalue weighted by atomic mass is 10.1. The van der Waals surface area contributed by atoms with Crippen molar-refractivity contribution >= 4 is 31.6 Å². The molecule has 0 amide bonds. The highest BCUT2D eigenvalue weighted by Crippen LogP contribution is 2.27. The zero-order valence-corrected chi connectivity index (χ0v) is 19.0. The molecule has 30 heavy (non-hydrogen) atoms. The molecule has 0 bridgehead atoms. The van der Waals surface area contributed by atoms with Crippen molar-refractivity contribution in [3.63, 3.8) is 0 Å². The van der Waals surface area contributed by atoms with E-state index in [2.05, 4.69) is 0 Å². The molecule has 164 valence electrons. The Morgan fingerprint density at radius 1 is 0.967 bits per heavy atom. The molecule has 1 saturated heterocycles. The molecule has 0 radical (unpaired) electrons. The van der Waals surface area contributed by atoms with Gasteiger partial charge in [-0.15, -0.1) is 0 Å². The van der Waals surface area contributed by atoms with Gasteiger partial charge in [-0.05, 0) is 49.2 Å². The molecule has 0 saturated carbocycles. The monoisotopic (exact) mass is 472 g/mol. The first-order chi connectivity index (χ1) is 14.3. The van der Waals surface area contributed by atoms with Crippen LogP contribution in [0.3, 0.4) is 0 Å². The second-order valence-corrected chi connectivity index (χ2v) is 11.3. The third-order valence-corrected chi connectivity index (χ3v) is 9.28. The fraction of sp³-hybridized carbons (Fsp3) is 0.400. The van der Waals surface area contributed by atoms with Crippen molar-refractivity contribution in [1.29, 1.82) is 0 Å². The van der Waals surface area contributed by atoms with Gasteiger partial charge >= 0.3 is 0 Å². The zero-order valence-electron chi connectivity index (χ0n) is 16.6. The Morgan fingerprint density at radius 2 is 1.57 bits per heavy atom. The SMILES string of the molecule is COCCN(C1CCN(S(=O)(=O)c2ccccc2)CC1)S(=O)(=O)c1ccc(Cl)cc1. The van der Waals surface area contributed by atoms with E-state index in [1.54, 1.807) is 30.3 Å². The summed E-state index contributed by atoms with van der Waals surface area (Å²) in [6.45, 7) is 0.940. The molecular weight excluding hydrogens is 448 g/mol. The molecular formula is C20H25ClN2O5S2. The van der Waals surface area contributed by atoms with E-state index in [0.717, 1.165) is 0 Å². The average Bonchev–Trinajstić information content (AvgIpc) is 2.75. The van der Waals surface area contributed by atoms with Crippen LogP contribution in [0.25, 0.3) is 0 Å². The summed E-state index contributed by atoms with van der Waals surface area (Å²) in [5, 5.41) is 0.455. The van der Waals surface area contributed by atoms with E-state index in [0.29, 0.717) is 17.9 Å². The van der Waals surface area contributed by atoms with Gasteiger partial charge in [-0.2, -0.15) is 8.61 Å². The van der Waals surface area contributed by atoms with Crippen molar-refractivity contribution in [2.45, 2.75) is 28.7 Å². The van der Waals surface area contributed by atoms with Crippen LogP contribution in [0.4, 0.5) is 0 Å². The number of ether oxygens (including phenoxy) is 1. The van der Waals surface area contributed by atoms with Gasteiger partial charge in [0.05, 0.1) is 16.4 Å². The van der Waals surface area contributed by atoms with Gasteiger partial charge in [0.1, 0.15) is 0 Å². The van der Waals surface area contributed by atoms with Crippen molar-refractivity contribution in [3.05, 3.63) is 59.6 Å². The fourth-order valence-electron chi connectivity index (χ4n) is 3.53. The van der Waals surface area contributed by atoms with Crippen LogP contribution >= 0.6 is 11.6 Å². The van der Waals surface area contributed by atoms with Crippen LogP contribution in [0.15, 0.2) is 64.4 Å². The van der Waals surface area contributed by atoms with Gasteiger partial charge in [0.25, 0.3) is 0 Å². The largest absolute Gasteiger partial charge is 0.383 e. The molecule has 0 N–H and O–H groups in total. The van der Waals surface area contributed by atoms with Gasteiger partial charge in [0.15, 0.2) is 0 Å². The van der Waals surface area contributed by atoms with Crippen molar-refractivity contribution in [2.75, 3.05) is 33.4 Å². The molecule has 0 aromatic heterocycles. The lowest BCUT2D eigenvalue weighted by Crippen LogP contribution is -2.49. The Bertz CT molecular complexity index is 1040. The van der Waals surface area contributed by atoms with Gasteiger partial charge in [-0.3, -0.25) is 0 Å². The third kappa shape index (κ3) is 5.04. The maximum atomic E-state index is 13.2. The Morgan fingerprint density at radius 3 is 2.13 bits per heavy atom. The standard InChI is InChI=1S/C20H25ClN2O5S2/c1-28-16-15-23(30(26,27)20-9-7-17(21)8-10-20)18-11-13-22(14-12-18)29(24,25)19-5-3-2-4-6-19/h2-10,18H,11-16H2,1H3. The van der Waals surface area contributed by atoms with Crippen molar-refractivity contribution in [2.24, 2.45) is 0 Å². The van der Waals surface area contributed by atoms with E-state index in [9.17, 15) is 16.8 Å². The number of hydrogen-bond donors (Lipinski definition) is 0. The summed E-state index contributed by atoms with van der Waals surface area (Å²) in [5.41, 5.74) is 0. The Kier molecular flexibility index (Phi) is 7.54. The quantitative estimate of drug-likeness (QED) is 0.589. The maximum absolute atomic E-state index is 13.2. The number of rotatable bonds is 8. The molecule has 0 spiro atoms. The lowest BCUT2D eigenvalue weighted by molar-refractivity contribution is 0.148. The maximum Gasteiger partial charge on any atom is 0.243 e. The number of nitrogens with zero attached hydrogens (tertiary/aromatic N) is 2. The molecule has 1 fully saturated rings. The summed E-state index contributed by atoms with van der Waals surface area (Å²) >= 11 is 5.89. The summed E-state index contributed by atoms with van der Waals surface area (Å²) in [6.07, 6.45) is 0.811. The van der Waals surface area contributed by atoms with Crippen LogP contribution < -0.4 is 0 Å². The topological polar surface area (TPSA) is 84.0 Å². The molecule has 1 aliphatic heterocycles. The minimum Gasteiger partial charge on any atom is -0.383 e. The summed E-state index contributed by atoms with van der Waals surface area (Å²) in [4.78, 5) is 0.399. The van der Waals surface area contributed by atoms with Gasteiger partial charge < -0.3 is 4.74 Å². The van der Waals surface area contributed by atoms with Crippen molar-refractivity contribution in [1.82, 2.24) is 8.61 Å². The van der Waals surface area contributed by atoms with Crippen LogP contribution in [-0.2, 0) is 24.8 Å². The third-order valence-electron chi connectivity index (χ3n) is 5.15. The van der Waals surface area contributed by atoms with Gasteiger partial charge in [-0.25, -0.2) is 16.8 Å². The van der Waals surface area contributed by atoms with E-state index in [1.165, 1.54) is 40.0 Å². The molecule has 0 aliphatic carbocycles. The number of halogens is 1. The van der Waals surface area contributed by atoms with Crippen LogP contribution in [-0.4, -0.2) is 64.8 Å². The van der Waals surface area contributed by atoms with Crippen molar-refractivity contribution < 1.29 is 21.6 Å². The number of methoxy groups -OCH3 is 1. The van der Waals surface area contributed by atoms with Crippen molar-refractivity contribution in [3.8, 4) is 0 Å². The normalized spacial score (nSPS) is 16.8. The number of benzene rings is 2. The van der Waals surface area contributed by atoms with E-state index < -0.39 is 20.0 Å². The predicted molar refractivity (Wildman–Crippen MR) is 115 cm³/mol. The van der Waals surface area contributed by atoms with Gasteiger partial charge in [0.2, 0.25) is 20.0 Å². The minimum absolute atomic E-state index is 0.155. The molecule has 1 aliphatic rings. The minimum atomic E-state index is -3.77. The Hall–Kier alpha value is -1.49. The van der Waals surface area contributed by atoms with E-state index >= 15 is 0 Å². The first-order valence-corrected chi connectivity index (χ1v) is 12.8. The second-order valence-electron chi connectivity index (χ2n) is 7.01. The molecule has 0 atom stereocenters. The number of piperidine rings is 1. The highest BCUT2D eigenvalue weighted by molar-refractivity contribution is 7.89. The Labute approximate surface area is 183 Å². The number of sulfonamides is 2. The van der Waals surface area contributed by atoms with Crippen LogP contribution in [0.5, 0.6) is 0 Å². The number of hydrogen-bond acceptors (Lipinski definition) is 5. The fourth-order valence-corrected chi connectivity index (χ4v) is 6.82.